The average Bonchev–Trinajstić information content (AvgIpc) is 2.90. The van der Waals surface area contributed by atoms with E-state index in [1.165, 1.54) is 0 Å². The van der Waals surface area contributed by atoms with E-state index in [0.717, 1.165) is 11.4 Å². The Hall–Kier alpha value is -2.94. The van der Waals surface area contributed by atoms with Crippen LogP contribution in [0.4, 0.5) is 10.5 Å². The van der Waals surface area contributed by atoms with Crippen LogP contribution in [0.2, 0.25) is 0 Å². The highest BCUT2D eigenvalue weighted by Gasteiger charge is 2.10. The number of hydrogen-bond donors (Lipinski definition) is 3. The number of nitrogens with zero attached hydrogens (tertiary/aromatic N) is 1. The third-order valence-corrected chi connectivity index (χ3v) is 3.07. The van der Waals surface area contributed by atoms with E-state index in [-0.39, 0.29) is 18.7 Å². The monoisotopic (exact) mass is 312 g/mol. The zero-order valence-electron chi connectivity index (χ0n) is 13.2. The minimum Gasteiger partial charge on any atom is -0.481 e. The quantitative estimate of drug-likeness (QED) is 0.717. The van der Waals surface area contributed by atoms with Crippen LogP contribution in [-0.2, 0) is 6.42 Å². The van der Waals surface area contributed by atoms with Crippen molar-refractivity contribution in [1.29, 1.82) is 0 Å². The predicted octanol–water partition coefficient (Wildman–Crippen LogP) is 2.48. The number of aromatic nitrogens is 2. The van der Waals surface area contributed by atoms with Crippen LogP contribution in [0, 0.1) is 19.3 Å². The number of aryl methyl sites for hydroxylation is 1. The van der Waals surface area contributed by atoms with Gasteiger partial charge in [-0.15, -0.1) is 6.42 Å². The van der Waals surface area contributed by atoms with Gasteiger partial charge in [0.1, 0.15) is 12.4 Å². The number of carbonyl (C=O) groups excluding carboxylic acids is 1. The van der Waals surface area contributed by atoms with Crippen molar-refractivity contribution in [2.24, 2.45) is 0 Å². The fourth-order valence-electron chi connectivity index (χ4n) is 2.12. The first kappa shape index (κ1) is 16.4. The van der Waals surface area contributed by atoms with Crippen molar-refractivity contribution in [3.8, 4) is 18.1 Å². The highest BCUT2D eigenvalue weighted by molar-refractivity contribution is 5.89. The van der Waals surface area contributed by atoms with E-state index < -0.39 is 0 Å². The lowest BCUT2D eigenvalue weighted by Gasteiger charge is -2.14. The van der Waals surface area contributed by atoms with Gasteiger partial charge in [0.25, 0.3) is 0 Å². The molecule has 0 radical (unpaired) electrons. The number of nitrogens with one attached hydrogen (secondary N) is 3. The van der Waals surface area contributed by atoms with Crippen molar-refractivity contribution in [2.45, 2.75) is 26.3 Å². The Morgan fingerprint density at radius 3 is 3.00 bits per heavy atom. The number of ether oxygens (including phenoxy) is 1. The third-order valence-electron chi connectivity index (χ3n) is 3.07. The van der Waals surface area contributed by atoms with Crippen molar-refractivity contribution in [3.63, 3.8) is 0 Å². The van der Waals surface area contributed by atoms with E-state index >= 15 is 0 Å². The van der Waals surface area contributed by atoms with Gasteiger partial charge in [-0.05, 0) is 32.0 Å². The van der Waals surface area contributed by atoms with Crippen LogP contribution in [-0.4, -0.2) is 28.9 Å². The molecule has 23 heavy (non-hydrogen) atoms. The van der Waals surface area contributed by atoms with Gasteiger partial charge in [0, 0.05) is 29.9 Å². The van der Waals surface area contributed by atoms with Crippen LogP contribution < -0.4 is 15.4 Å². The number of anilines is 1. The molecule has 6 nitrogen and oxygen atoms in total. The Bertz CT molecular complexity index is 703. The molecule has 0 saturated carbocycles. The standard InChI is InChI=1S/C17H20N4O2/c1-4-8-23-16-7-5-6-14(11-16)19-17(22)18-12(2)9-15-10-13(3)20-21-15/h1,5-7,10-12H,8-9H2,2-3H3,(H,20,21)(H2,18,19,22)/t12-/m0/s1. The van der Waals surface area contributed by atoms with Crippen LogP contribution in [0.15, 0.2) is 30.3 Å². The number of aromatic amines is 1. The molecule has 1 aromatic heterocycles. The molecule has 1 aromatic carbocycles. The van der Waals surface area contributed by atoms with Crippen molar-refractivity contribution in [2.75, 3.05) is 11.9 Å². The summed E-state index contributed by atoms with van der Waals surface area (Å²) in [7, 11) is 0. The predicted molar refractivity (Wildman–Crippen MR) is 89.4 cm³/mol. The van der Waals surface area contributed by atoms with E-state index in [4.69, 9.17) is 11.2 Å². The summed E-state index contributed by atoms with van der Waals surface area (Å²) in [6.45, 7) is 4.06. The summed E-state index contributed by atoms with van der Waals surface area (Å²) in [6.07, 6.45) is 5.81. The van der Waals surface area contributed by atoms with E-state index in [1.807, 2.05) is 19.9 Å². The smallest absolute Gasteiger partial charge is 0.319 e. The van der Waals surface area contributed by atoms with Gasteiger partial charge in [-0.3, -0.25) is 5.10 Å². The molecule has 0 aliphatic heterocycles. The molecule has 0 aliphatic carbocycles. The van der Waals surface area contributed by atoms with Crippen LogP contribution >= 0.6 is 0 Å². The molecule has 0 bridgehead atoms. The lowest BCUT2D eigenvalue weighted by atomic mass is 10.2. The maximum Gasteiger partial charge on any atom is 0.319 e. The minimum absolute atomic E-state index is 0.0430. The molecule has 6 heteroatoms. The summed E-state index contributed by atoms with van der Waals surface area (Å²) in [5.74, 6) is 3.01. The Kier molecular flexibility index (Phi) is 5.64. The highest BCUT2D eigenvalue weighted by atomic mass is 16.5. The largest absolute Gasteiger partial charge is 0.481 e. The molecule has 120 valence electrons. The molecular formula is C17H20N4O2. The molecule has 2 amide bonds. The van der Waals surface area contributed by atoms with Gasteiger partial charge in [-0.2, -0.15) is 5.10 Å². The molecule has 2 aromatic rings. The zero-order valence-corrected chi connectivity index (χ0v) is 13.2. The van der Waals surface area contributed by atoms with Crippen molar-refractivity contribution in [3.05, 3.63) is 41.7 Å². The van der Waals surface area contributed by atoms with Crippen LogP contribution in [0.1, 0.15) is 18.3 Å². The molecule has 0 unspecified atom stereocenters. The Labute approximate surface area is 135 Å². The topological polar surface area (TPSA) is 79.0 Å². The number of carbonyl (C=O) groups is 1. The lowest BCUT2D eigenvalue weighted by molar-refractivity contribution is 0.249. The Balaban J connectivity index is 1.85. The number of urea groups is 1. The van der Waals surface area contributed by atoms with Crippen LogP contribution in [0.3, 0.4) is 0 Å². The summed E-state index contributed by atoms with van der Waals surface area (Å²) in [6, 6.07) is 8.71. The second kappa shape index (κ2) is 7.90. The van der Waals surface area contributed by atoms with Crippen molar-refractivity contribution in [1.82, 2.24) is 15.5 Å². The summed E-state index contributed by atoms with van der Waals surface area (Å²) in [5.41, 5.74) is 2.56. The van der Waals surface area contributed by atoms with E-state index in [9.17, 15) is 4.79 Å². The van der Waals surface area contributed by atoms with Crippen molar-refractivity contribution >= 4 is 11.7 Å². The fourth-order valence-corrected chi connectivity index (χ4v) is 2.12. The molecule has 0 saturated heterocycles. The van der Waals surface area contributed by atoms with Gasteiger partial charge >= 0.3 is 6.03 Å². The second-order valence-corrected chi connectivity index (χ2v) is 5.27. The third kappa shape index (κ3) is 5.40. The van der Waals surface area contributed by atoms with Gasteiger partial charge in [0.15, 0.2) is 0 Å². The molecule has 2 rings (SSSR count). The van der Waals surface area contributed by atoms with E-state index in [1.54, 1.807) is 24.3 Å². The molecule has 1 heterocycles. The SMILES string of the molecule is C#CCOc1cccc(NC(=O)N[C@@H](C)Cc2cc(C)[nH]n2)c1. The van der Waals surface area contributed by atoms with Crippen LogP contribution in [0.25, 0.3) is 0 Å². The Morgan fingerprint density at radius 1 is 1.48 bits per heavy atom. The first-order chi connectivity index (χ1) is 11.1. The first-order valence-electron chi connectivity index (χ1n) is 7.31. The van der Waals surface area contributed by atoms with Gasteiger partial charge in [0.05, 0.1) is 5.69 Å². The molecule has 0 fully saturated rings. The summed E-state index contributed by atoms with van der Waals surface area (Å²) < 4.78 is 5.32. The molecule has 1 atom stereocenters. The molecule has 3 N–H and O–H groups in total. The average molecular weight is 312 g/mol. The van der Waals surface area contributed by atoms with Crippen LogP contribution in [0.5, 0.6) is 5.75 Å². The normalized spacial score (nSPS) is 11.3. The van der Waals surface area contributed by atoms with Gasteiger partial charge in [-0.25, -0.2) is 4.79 Å². The number of H-pyrrole nitrogens is 1. The maximum absolute atomic E-state index is 12.0. The number of benzene rings is 1. The lowest BCUT2D eigenvalue weighted by Crippen LogP contribution is -2.37. The minimum atomic E-state index is -0.279. The Morgan fingerprint density at radius 2 is 2.30 bits per heavy atom. The number of terminal acetylenes is 1. The van der Waals surface area contributed by atoms with E-state index in [0.29, 0.717) is 17.9 Å². The zero-order chi connectivity index (χ0) is 16.7. The fraction of sp³-hybridized carbons (Fsp3) is 0.294. The number of hydrogen-bond acceptors (Lipinski definition) is 3. The molecular weight excluding hydrogens is 292 g/mol. The van der Waals surface area contributed by atoms with Gasteiger partial charge in [0.2, 0.25) is 0 Å². The summed E-state index contributed by atoms with van der Waals surface area (Å²) in [4.78, 5) is 12.0. The molecule has 0 spiro atoms. The highest BCUT2D eigenvalue weighted by Crippen LogP contribution is 2.17. The maximum atomic E-state index is 12.0. The molecule has 0 aliphatic rings. The van der Waals surface area contributed by atoms with Gasteiger partial charge < -0.3 is 15.4 Å². The summed E-state index contributed by atoms with van der Waals surface area (Å²) >= 11 is 0. The first-order valence-corrected chi connectivity index (χ1v) is 7.31. The summed E-state index contributed by atoms with van der Waals surface area (Å²) in [5, 5.41) is 12.7. The number of amides is 2. The van der Waals surface area contributed by atoms with Gasteiger partial charge in [-0.1, -0.05) is 12.0 Å². The number of rotatable bonds is 6. The van der Waals surface area contributed by atoms with Crippen molar-refractivity contribution < 1.29 is 9.53 Å². The van der Waals surface area contributed by atoms with E-state index in [2.05, 4.69) is 26.8 Å². The second-order valence-electron chi connectivity index (χ2n) is 5.27.